The van der Waals surface area contributed by atoms with Crippen molar-refractivity contribution in [3.63, 3.8) is 0 Å². The van der Waals surface area contributed by atoms with Gasteiger partial charge in [0.25, 0.3) is 6.71 Å². The van der Waals surface area contributed by atoms with Crippen LogP contribution in [-0.4, -0.2) is 21.2 Å². The highest BCUT2D eigenvalue weighted by atomic mass is 15.2. The van der Waals surface area contributed by atoms with E-state index in [0.717, 1.165) is 146 Å². The number of rotatable bonds is 11. The Morgan fingerprint density at radius 1 is 0.253 bits per heavy atom. The van der Waals surface area contributed by atoms with Crippen molar-refractivity contribution in [3.05, 3.63) is 351 Å². The molecule has 0 unspecified atom stereocenters. The van der Waals surface area contributed by atoms with Crippen LogP contribution in [0.3, 0.4) is 0 Å². The molecule has 0 bridgehead atoms. The van der Waals surface area contributed by atoms with Gasteiger partial charge in [-0.3, -0.25) is 0 Å². The summed E-state index contributed by atoms with van der Waals surface area (Å²) >= 11 is 0. The van der Waals surface area contributed by atoms with Crippen molar-refractivity contribution >= 4 is 79.0 Å². The van der Waals surface area contributed by atoms with Crippen LogP contribution in [0.25, 0.3) is 117 Å². The molecule has 16 aromatic rings. The Balaban J connectivity index is 0.879. The van der Waals surface area contributed by atoms with Gasteiger partial charge in [0.2, 0.25) is 0 Å². The van der Waals surface area contributed by atoms with Crippen molar-refractivity contribution < 1.29 is 0 Å². The van der Waals surface area contributed by atoms with E-state index in [1.165, 1.54) is 21.8 Å². The maximum Gasteiger partial charge on any atom is 0.252 e. The molecule has 0 amide bonds. The smallest absolute Gasteiger partial charge is 0.252 e. The van der Waals surface area contributed by atoms with E-state index in [-0.39, 0.29) is 6.71 Å². The predicted molar refractivity (Wildman–Crippen MR) is 399 cm³/mol. The molecular formula is C89H60BN5. The van der Waals surface area contributed by atoms with Gasteiger partial charge < -0.3 is 14.4 Å². The Morgan fingerprint density at radius 3 is 1.11 bits per heavy atom. The molecule has 18 rings (SSSR count). The van der Waals surface area contributed by atoms with Crippen molar-refractivity contribution in [1.82, 2.24) is 14.5 Å². The Bertz CT molecular complexity index is 5250. The molecule has 0 atom stereocenters. The fraction of sp³-hybridized carbons (Fsp3) is 0.0112. The molecule has 2 aliphatic heterocycles. The summed E-state index contributed by atoms with van der Waals surface area (Å²) < 4.78 is 2.44. The molecule has 4 heterocycles. The second-order valence-corrected chi connectivity index (χ2v) is 24.9. The van der Waals surface area contributed by atoms with E-state index in [4.69, 9.17) is 9.97 Å². The van der Waals surface area contributed by atoms with E-state index in [9.17, 15) is 0 Å². The third-order valence-corrected chi connectivity index (χ3v) is 19.2. The van der Waals surface area contributed by atoms with Crippen LogP contribution < -0.4 is 26.2 Å². The first kappa shape index (κ1) is 55.5. The zero-order valence-electron chi connectivity index (χ0n) is 52.2. The molecule has 0 fully saturated rings. The molecule has 5 nitrogen and oxygen atoms in total. The lowest BCUT2D eigenvalue weighted by molar-refractivity contribution is 1.14. The molecule has 95 heavy (non-hydrogen) atoms. The van der Waals surface area contributed by atoms with Gasteiger partial charge in [0.1, 0.15) is 0 Å². The topological polar surface area (TPSA) is 37.2 Å². The molecule has 14 aromatic carbocycles. The van der Waals surface area contributed by atoms with Crippen LogP contribution in [0.2, 0.25) is 0 Å². The quantitative estimate of drug-likeness (QED) is 0.121. The number of aromatic nitrogens is 3. The normalized spacial score (nSPS) is 12.2. The monoisotopic (exact) mass is 1210 g/mol. The first-order valence-corrected chi connectivity index (χ1v) is 32.6. The maximum atomic E-state index is 5.29. The number of aryl methyl sites for hydroxylation is 1. The number of fused-ring (bicyclic) bond motifs is 7. The van der Waals surface area contributed by atoms with Crippen molar-refractivity contribution in [1.29, 1.82) is 0 Å². The predicted octanol–water partition coefficient (Wildman–Crippen LogP) is 21.3. The number of para-hydroxylation sites is 3. The summed E-state index contributed by atoms with van der Waals surface area (Å²) in [5, 5.41) is 2.34. The zero-order chi connectivity index (χ0) is 62.9. The average molecular weight is 1210 g/mol. The van der Waals surface area contributed by atoms with E-state index in [0.29, 0.717) is 5.82 Å². The highest BCUT2D eigenvalue weighted by Crippen LogP contribution is 2.49. The van der Waals surface area contributed by atoms with Crippen molar-refractivity contribution in [2.24, 2.45) is 0 Å². The number of benzene rings is 14. The first-order valence-electron chi connectivity index (χ1n) is 32.6. The number of hydrogen-bond donors (Lipinski definition) is 0. The van der Waals surface area contributed by atoms with Gasteiger partial charge in [-0.15, -0.1) is 0 Å². The zero-order valence-corrected chi connectivity index (χ0v) is 52.2. The minimum Gasteiger partial charge on any atom is -0.311 e. The summed E-state index contributed by atoms with van der Waals surface area (Å²) in [5.74, 6) is 0.674. The molecule has 0 spiro atoms. The van der Waals surface area contributed by atoms with Crippen LogP contribution in [-0.2, 0) is 0 Å². The third-order valence-electron chi connectivity index (χ3n) is 19.2. The lowest BCUT2D eigenvalue weighted by Gasteiger charge is -2.44. The van der Waals surface area contributed by atoms with Crippen LogP contribution >= 0.6 is 0 Å². The van der Waals surface area contributed by atoms with Gasteiger partial charge in [-0.2, -0.15) is 0 Å². The Hall–Kier alpha value is -12.4. The van der Waals surface area contributed by atoms with E-state index < -0.39 is 0 Å². The minimum atomic E-state index is -0.0821. The number of nitrogens with zero attached hydrogens (tertiary/aromatic N) is 5. The molecule has 2 aromatic heterocycles. The summed E-state index contributed by atoms with van der Waals surface area (Å²) in [7, 11) is 0. The summed E-state index contributed by atoms with van der Waals surface area (Å²) in [6.07, 6.45) is 0. The van der Waals surface area contributed by atoms with Crippen LogP contribution in [0, 0.1) is 6.92 Å². The van der Waals surface area contributed by atoms with Crippen LogP contribution in [0.15, 0.2) is 346 Å². The maximum absolute atomic E-state index is 5.29. The van der Waals surface area contributed by atoms with Crippen LogP contribution in [0.1, 0.15) is 5.56 Å². The molecule has 444 valence electrons. The minimum absolute atomic E-state index is 0.0821. The Morgan fingerprint density at radius 2 is 0.632 bits per heavy atom. The van der Waals surface area contributed by atoms with Gasteiger partial charge in [0.15, 0.2) is 5.82 Å². The molecule has 6 heteroatoms. The van der Waals surface area contributed by atoms with Gasteiger partial charge in [0, 0.05) is 67.3 Å². The molecule has 0 N–H and O–H groups in total. The second kappa shape index (κ2) is 23.1. The summed E-state index contributed by atoms with van der Waals surface area (Å²) in [6.45, 7) is 2.13. The molecule has 2 aliphatic rings. The summed E-state index contributed by atoms with van der Waals surface area (Å²) in [4.78, 5) is 15.7. The Kier molecular flexibility index (Phi) is 13.5. The van der Waals surface area contributed by atoms with Crippen LogP contribution in [0.4, 0.5) is 34.1 Å². The lowest BCUT2D eigenvalue weighted by Crippen LogP contribution is -2.61. The lowest BCUT2D eigenvalue weighted by atomic mass is 9.33. The highest BCUT2D eigenvalue weighted by Gasteiger charge is 2.44. The Labute approximate surface area is 553 Å². The fourth-order valence-electron chi connectivity index (χ4n) is 14.8. The number of hydrogen-bond acceptors (Lipinski definition) is 4. The molecular weight excluding hydrogens is 1150 g/mol. The van der Waals surface area contributed by atoms with E-state index in [1.54, 1.807) is 0 Å². The van der Waals surface area contributed by atoms with Gasteiger partial charge in [-0.1, -0.05) is 255 Å². The van der Waals surface area contributed by atoms with E-state index in [1.807, 2.05) is 12.1 Å². The fourth-order valence-corrected chi connectivity index (χ4v) is 14.8. The molecule has 0 radical (unpaired) electrons. The summed E-state index contributed by atoms with van der Waals surface area (Å²) in [5.41, 5.74) is 31.2. The highest BCUT2D eigenvalue weighted by molar-refractivity contribution is 7.00. The van der Waals surface area contributed by atoms with Crippen molar-refractivity contribution in [2.45, 2.75) is 6.92 Å². The van der Waals surface area contributed by atoms with Crippen molar-refractivity contribution in [2.75, 3.05) is 9.80 Å². The van der Waals surface area contributed by atoms with Gasteiger partial charge in [-0.05, 0) is 176 Å². The third kappa shape index (κ3) is 9.73. The van der Waals surface area contributed by atoms with Gasteiger partial charge in [-0.25, -0.2) is 9.97 Å². The number of anilines is 6. The second-order valence-electron chi connectivity index (χ2n) is 24.9. The average Bonchev–Trinajstić information content (AvgIpc) is 1.01. The molecule has 0 saturated carbocycles. The van der Waals surface area contributed by atoms with E-state index >= 15 is 0 Å². The standard InChI is InChI=1S/C89H60BN5/c1-59-44-45-67(89-91-79(64-34-16-6-17-35-64)58-80(92-89)65-36-18-7-19-37-65)55-85(59)95-81-41-23-20-38-75(81)76-54-66(46-47-82(76)95)72-56-86-88-87(57-72)94(74-52-70(62-30-12-4-13-31-62)49-71(53-74)63-32-14-5-15-33-63)84-43-25-22-40-78(84)90(88)77-39-21-24-42-83(77)93(86)73-50-68(60-26-8-2-9-27-60)48-69(51-73)61-28-10-3-11-29-61/h2-58H,1H3. The van der Waals surface area contributed by atoms with E-state index in [2.05, 4.69) is 355 Å². The first-order chi connectivity index (χ1) is 47.0. The molecule has 0 saturated heterocycles. The van der Waals surface area contributed by atoms with Crippen LogP contribution in [0.5, 0.6) is 0 Å². The van der Waals surface area contributed by atoms with Crippen molar-refractivity contribution in [3.8, 4) is 95.2 Å². The van der Waals surface area contributed by atoms with Gasteiger partial charge >= 0.3 is 0 Å². The largest absolute Gasteiger partial charge is 0.311 e. The summed E-state index contributed by atoms with van der Waals surface area (Å²) in [6, 6.07) is 126. The SMILES string of the molecule is Cc1ccc(-c2nc(-c3ccccc3)cc(-c3ccccc3)n2)cc1-n1c2ccccc2c2cc(-c3cc4c5c(c3)N(c3cc(-c6ccccc6)cc(-c6ccccc6)c3)c3ccccc3B5c3ccccc3N4c3cc(-c4ccccc4)cc(-c4ccccc4)c3)ccc21. The molecule has 0 aliphatic carbocycles. The van der Waals surface area contributed by atoms with Gasteiger partial charge in [0.05, 0.1) is 22.4 Å².